The molecule has 2 amide bonds. The van der Waals surface area contributed by atoms with Gasteiger partial charge in [0, 0.05) is 16.0 Å². The van der Waals surface area contributed by atoms with Gasteiger partial charge in [0.2, 0.25) is 0 Å². The zero-order valence-electron chi connectivity index (χ0n) is 12.2. The highest BCUT2D eigenvalue weighted by molar-refractivity contribution is 7.99. The van der Waals surface area contributed by atoms with Gasteiger partial charge in [0.05, 0.1) is 5.69 Å². The van der Waals surface area contributed by atoms with Gasteiger partial charge in [-0.1, -0.05) is 48.2 Å². The Bertz CT molecular complexity index is 666. The molecule has 1 fully saturated rings. The summed E-state index contributed by atoms with van der Waals surface area (Å²) in [6.45, 7) is 0. The maximum absolute atomic E-state index is 11.9. The van der Waals surface area contributed by atoms with Crippen LogP contribution in [0.1, 0.15) is 12.8 Å². The Morgan fingerprint density at radius 3 is 2.55 bits per heavy atom. The molecular formula is C18H18N2OS. The Morgan fingerprint density at radius 2 is 1.77 bits per heavy atom. The second kappa shape index (κ2) is 7.18. The number of carbonyl (C=O) groups excluding carboxylic acids is 1. The van der Waals surface area contributed by atoms with Crippen LogP contribution in [0.5, 0.6) is 0 Å². The van der Waals surface area contributed by atoms with Crippen LogP contribution in [0.15, 0.2) is 76.7 Å². The molecule has 22 heavy (non-hydrogen) atoms. The van der Waals surface area contributed by atoms with E-state index >= 15 is 0 Å². The fourth-order valence-corrected chi connectivity index (χ4v) is 2.90. The van der Waals surface area contributed by atoms with Crippen molar-refractivity contribution in [2.24, 2.45) is 5.92 Å². The number of hydrogen-bond donors (Lipinski definition) is 2. The average molecular weight is 310 g/mol. The SMILES string of the molecule is O=C(N/C=C/C1CC1)Nc1ccccc1Sc1ccccc1. The zero-order valence-corrected chi connectivity index (χ0v) is 13.0. The molecule has 0 saturated heterocycles. The molecule has 0 atom stereocenters. The molecule has 1 aliphatic carbocycles. The summed E-state index contributed by atoms with van der Waals surface area (Å²) >= 11 is 1.63. The van der Waals surface area contributed by atoms with Crippen molar-refractivity contribution < 1.29 is 4.79 Å². The Morgan fingerprint density at radius 1 is 1.05 bits per heavy atom. The largest absolute Gasteiger partial charge is 0.323 e. The van der Waals surface area contributed by atoms with E-state index in [1.165, 1.54) is 12.8 Å². The summed E-state index contributed by atoms with van der Waals surface area (Å²) in [5, 5.41) is 5.66. The summed E-state index contributed by atoms with van der Waals surface area (Å²) in [5.41, 5.74) is 0.814. The van der Waals surface area contributed by atoms with E-state index in [1.807, 2.05) is 48.5 Å². The van der Waals surface area contributed by atoms with Crippen molar-refractivity contribution in [1.29, 1.82) is 0 Å². The van der Waals surface area contributed by atoms with E-state index in [1.54, 1.807) is 18.0 Å². The van der Waals surface area contributed by atoms with E-state index in [-0.39, 0.29) is 6.03 Å². The van der Waals surface area contributed by atoms with Crippen molar-refractivity contribution in [2.45, 2.75) is 22.6 Å². The first-order valence-electron chi connectivity index (χ1n) is 7.37. The minimum atomic E-state index is -0.210. The molecule has 2 aromatic rings. The van der Waals surface area contributed by atoms with Gasteiger partial charge in [-0.3, -0.25) is 0 Å². The van der Waals surface area contributed by atoms with E-state index in [0.717, 1.165) is 15.5 Å². The maximum atomic E-state index is 11.9. The highest BCUT2D eigenvalue weighted by atomic mass is 32.2. The van der Waals surface area contributed by atoms with Crippen LogP contribution < -0.4 is 10.6 Å². The zero-order chi connectivity index (χ0) is 15.2. The molecule has 4 heteroatoms. The van der Waals surface area contributed by atoms with Crippen LogP contribution in [0.25, 0.3) is 0 Å². The predicted octanol–water partition coefficient (Wildman–Crippen LogP) is 4.88. The monoisotopic (exact) mass is 310 g/mol. The van der Waals surface area contributed by atoms with Crippen LogP contribution in [0, 0.1) is 5.92 Å². The molecule has 0 aromatic heterocycles. The van der Waals surface area contributed by atoms with E-state index < -0.39 is 0 Å². The molecule has 2 N–H and O–H groups in total. The van der Waals surface area contributed by atoms with Gasteiger partial charge in [-0.25, -0.2) is 4.79 Å². The summed E-state index contributed by atoms with van der Waals surface area (Å²) in [6.07, 6.45) is 6.25. The second-order valence-electron chi connectivity index (χ2n) is 5.21. The summed E-state index contributed by atoms with van der Waals surface area (Å²) in [7, 11) is 0. The number of nitrogens with one attached hydrogen (secondary N) is 2. The van der Waals surface area contributed by atoms with Crippen molar-refractivity contribution >= 4 is 23.5 Å². The van der Waals surface area contributed by atoms with Crippen LogP contribution in [0.2, 0.25) is 0 Å². The number of rotatable bonds is 5. The number of amides is 2. The third-order valence-electron chi connectivity index (χ3n) is 3.31. The lowest BCUT2D eigenvalue weighted by Crippen LogP contribution is -2.24. The number of anilines is 1. The number of benzene rings is 2. The standard InChI is InChI=1S/C18H18N2OS/c21-18(19-13-12-14-10-11-14)20-16-8-4-5-9-17(16)22-15-6-2-1-3-7-15/h1-9,12-14H,10-11H2,(H2,19,20,21)/b13-12+. The van der Waals surface area contributed by atoms with E-state index in [4.69, 9.17) is 0 Å². The molecule has 0 radical (unpaired) electrons. The van der Waals surface area contributed by atoms with Gasteiger partial charge in [-0.15, -0.1) is 0 Å². The minimum absolute atomic E-state index is 0.210. The third-order valence-corrected chi connectivity index (χ3v) is 4.39. The minimum Gasteiger partial charge on any atom is -0.315 e. The van der Waals surface area contributed by atoms with E-state index in [9.17, 15) is 4.79 Å². The lowest BCUT2D eigenvalue weighted by molar-refractivity contribution is 0.255. The molecule has 2 aromatic carbocycles. The summed E-state index contributed by atoms with van der Waals surface area (Å²) in [4.78, 5) is 14.1. The lowest BCUT2D eigenvalue weighted by Gasteiger charge is -2.10. The summed E-state index contributed by atoms with van der Waals surface area (Å²) in [5.74, 6) is 0.654. The van der Waals surface area contributed by atoms with Crippen LogP contribution in [-0.2, 0) is 0 Å². The van der Waals surface area contributed by atoms with Crippen molar-refractivity contribution in [3.05, 3.63) is 66.9 Å². The smallest absolute Gasteiger partial charge is 0.315 e. The topological polar surface area (TPSA) is 41.1 Å². The maximum Gasteiger partial charge on any atom is 0.323 e. The van der Waals surface area contributed by atoms with Crippen LogP contribution in [0.4, 0.5) is 10.5 Å². The Kier molecular flexibility index (Phi) is 4.81. The molecule has 0 aliphatic heterocycles. The van der Waals surface area contributed by atoms with Crippen molar-refractivity contribution in [2.75, 3.05) is 5.32 Å². The Hall–Kier alpha value is -2.20. The molecule has 0 unspecified atom stereocenters. The first kappa shape index (κ1) is 14.7. The number of carbonyl (C=O) groups is 1. The van der Waals surface area contributed by atoms with Gasteiger partial charge in [-0.2, -0.15) is 0 Å². The van der Waals surface area contributed by atoms with Gasteiger partial charge in [0.15, 0.2) is 0 Å². The normalized spacial score (nSPS) is 14.0. The van der Waals surface area contributed by atoms with Crippen LogP contribution in [-0.4, -0.2) is 6.03 Å². The first-order chi connectivity index (χ1) is 10.8. The van der Waals surface area contributed by atoms with Crippen molar-refractivity contribution in [1.82, 2.24) is 5.32 Å². The van der Waals surface area contributed by atoms with Crippen molar-refractivity contribution in [3.63, 3.8) is 0 Å². The highest BCUT2D eigenvalue weighted by Crippen LogP contribution is 2.33. The Labute approximate surface area is 134 Å². The van der Waals surface area contributed by atoms with Gasteiger partial charge < -0.3 is 10.6 Å². The number of hydrogen-bond acceptors (Lipinski definition) is 2. The van der Waals surface area contributed by atoms with Gasteiger partial charge >= 0.3 is 6.03 Å². The van der Waals surface area contributed by atoms with Gasteiger partial charge in [0.25, 0.3) is 0 Å². The first-order valence-corrected chi connectivity index (χ1v) is 8.19. The number of allylic oxidation sites excluding steroid dienone is 1. The quantitative estimate of drug-likeness (QED) is 0.826. The van der Waals surface area contributed by atoms with Gasteiger partial charge in [-0.05, 0) is 43.0 Å². The van der Waals surface area contributed by atoms with Crippen LogP contribution in [0.3, 0.4) is 0 Å². The lowest BCUT2D eigenvalue weighted by atomic mass is 10.3. The molecule has 3 nitrogen and oxygen atoms in total. The second-order valence-corrected chi connectivity index (χ2v) is 6.32. The number of urea groups is 1. The summed E-state index contributed by atoms with van der Waals surface area (Å²) < 4.78 is 0. The van der Waals surface area contributed by atoms with E-state index in [0.29, 0.717) is 5.92 Å². The fraction of sp³-hybridized carbons (Fsp3) is 0.167. The third kappa shape index (κ3) is 4.40. The predicted molar refractivity (Wildman–Crippen MR) is 91.0 cm³/mol. The fourth-order valence-electron chi connectivity index (χ4n) is 1.98. The molecule has 0 bridgehead atoms. The molecular weight excluding hydrogens is 292 g/mol. The summed E-state index contributed by atoms with van der Waals surface area (Å²) in [6, 6.07) is 17.7. The molecule has 3 rings (SSSR count). The van der Waals surface area contributed by atoms with Crippen molar-refractivity contribution in [3.8, 4) is 0 Å². The molecule has 1 saturated carbocycles. The highest BCUT2D eigenvalue weighted by Gasteiger charge is 2.17. The molecule has 112 valence electrons. The van der Waals surface area contributed by atoms with Gasteiger partial charge in [0.1, 0.15) is 0 Å². The molecule has 0 spiro atoms. The molecule has 1 aliphatic rings. The number of para-hydroxylation sites is 1. The van der Waals surface area contributed by atoms with Crippen LogP contribution >= 0.6 is 11.8 Å². The van der Waals surface area contributed by atoms with E-state index in [2.05, 4.69) is 22.8 Å². The average Bonchev–Trinajstić information content (AvgIpc) is 3.35. The Balaban J connectivity index is 1.64. The molecule has 0 heterocycles.